The van der Waals surface area contributed by atoms with Crippen molar-refractivity contribution in [3.05, 3.63) is 54.0 Å². The molecule has 0 fully saturated rings. The highest BCUT2D eigenvalue weighted by molar-refractivity contribution is 5.83. The van der Waals surface area contributed by atoms with Crippen LogP contribution in [0.1, 0.15) is 31.2 Å². The Morgan fingerprint density at radius 2 is 1.74 bits per heavy atom. The van der Waals surface area contributed by atoms with Gasteiger partial charge in [0.2, 0.25) is 0 Å². The van der Waals surface area contributed by atoms with Gasteiger partial charge in [-0.15, -0.1) is 10.2 Å². The maximum atomic E-state index is 10.5. The molecule has 0 atom stereocenters. The van der Waals surface area contributed by atoms with Gasteiger partial charge in [-0.2, -0.15) is 0 Å². The van der Waals surface area contributed by atoms with Crippen LogP contribution in [0.3, 0.4) is 0 Å². The van der Waals surface area contributed by atoms with Gasteiger partial charge in [-0.25, -0.2) is 0 Å². The van der Waals surface area contributed by atoms with Crippen LogP contribution >= 0.6 is 0 Å². The minimum Gasteiger partial charge on any atom is -0.508 e. The van der Waals surface area contributed by atoms with Gasteiger partial charge in [0.05, 0.1) is 5.56 Å². The molecule has 0 aliphatic heterocycles. The second kappa shape index (κ2) is 6.16. The molecule has 4 rings (SSSR count). The molecule has 0 saturated carbocycles. The third-order valence-corrected chi connectivity index (χ3v) is 4.96. The summed E-state index contributed by atoms with van der Waals surface area (Å²) < 4.78 is 3.99. The van der Waals surface area contributed by atoms with Gasteiger partial charge in [0.25, 0.3) is 0 Å². The van der Waals surface area contributed by atoms with E-state index in [1.807, 2.05) is 44.6 Å². The monoisotopic (exact) mass is 362 g/mol. The first-order valence-electron chi connectivity index (χ1n) is 8.90. The lowest BCUT2D eigenvalue weighted by atomic mass is 9.98. The average Bonchev–Trinajstić information content (AvgIpc) is 3.17. The number of phenolic OH excluding ortho intramolecular Hbond substituents is 2. The number of hydrogen-bond donors (Lipinski definition) is 2. The van der Waals surface area contributed by atoms with E-state index in [9.17, 15) is 10.2 Å². The molecule has 4 aromatic rings. The highest BCUT2D eigenvalue weighted by Crippen LogP contribution is 2.38. The summed E-state index contributed by atoms with van der Waals surface area (Å²) in [6.45, 7) is 5.87. The largest absolute Gasteiger partial charge is 0.508 e. The number of benzene rings is 2. The summed E-state index contributed by atoms with van der Waals surface area (Å²) in [5.74, 6) is 1.44. The van der Waals surface area contributed by atoms with E-state index < -0.39 is 0 Å². The quantitative estimate of drug-likeness (QED) is 0.571. The van der Waals surface area contributed by atoms with Crippen molar-refractivity contribution in [1.29, 1.82) is 0 Å². The van der Waals surface area contributed by atoms with Gasteiger partial charge in [-0.1, -0.05) is 13.8 Å². The van der Waals surface area contributed by atoms with E-state index in [2.05, 4.69) is 33.0 Å². The van der Waals surface area contributed by atoms with Crippen molar-refractivity contribution in [3.8, 4) is 28.6 Å². The lowest BCUT2D eigenvalue weighted by molar-refractivity contribution is 0.444. The third-order valence-electron chi connectivity index (χ3n) is 4.96. The minimum absolute atomic E-state index is 0.0219. The maximum absolute atomic E-state index is 10.5. The van der Waals surface area contributed by atoms with E-state index in [4.69, 9.17) is 0 Å². The molecule has 0 unspecified atom stereocenters. The fourth-order valence-corrected chi connectivity index (χ4v) is 3.49. The van der Waals surface area contributed by atoms with Crippen molar-refractivity contribution in [2.45, 2.75) is 26.7 Å². The number of fused-ring (bicyclic) bond motifs is 1. The van der Waals surface area contributed by atoms with Gasteiger partial charge >= 0.3 is 0 Å². The van der Waals surface area contributed by atoms with Gasteiger partial charge < -0.3 is 14.8 Å². The summed E-state index contributed by atoms with van der Waals surface area (Å²) in [4.78, 5) is 0. The fraction of sp³-hybridized carbons (Fsp3) is 0.238. The molecule has 0 amide bonds. The number of aromatic hydroxyl groups is 2. The van der Waals surface area contributed by atoms with Gasteiger partial charge in [0, 0.05) is 35.9 Å². The average molecular weight is 362 g/mol. The summed E-state index contributed by atoms with van der Waals surface area (Å²) in [7, 11) is 2.01. The van der Waals surface area contributed by atoms with Crippen LogP contribution in [0.4, 0.5) is 0 Å². The number of rotatable bonds is 3. The Bertz CT molecular complexity index is 1150. The van der Waals surface area contributed by atoms with Gasteiger partial charge in [0.15, 0.2) is 5.82 Å². The normalized spacial score (nSPS) is 11.6. The predicted molar refractivity (Wildman–Crippen MR) is 105 cm³/mol. The Labute approximate surface area is 157 Å². The van der Waals surface area contributed by atoms with Crippen molar-refractivity contribution >= 4 is 10.9 Å². The van der Waals surface area contributed by atoms with Crippen LogP contribution in [-0.4, -0.2) is 29.5 Å². The van der Waals surface area contributed by atoms with Crippen LogP contribution in [0.15, 0.2) is 42.6 Å². The molecule has 6 heteroatoms. The van der Waals surface area contributed by atoms with Crippen LogP contribution in [0.2, 0.25) is 0 Å². The maximum Gasteiger partial charge on any atom is 0.172 e. The first-order valence-corrected chi connectivity index (χ1v) is 8.90. The van der Waals surface area contributed by atoms with Crippen LogP contribution in [0, 0.1) is 6.92 Å². The molecular weight excluding hydrogens is 340 g/mol. The first-order chi connectivity index (χ1) is 12.9. The fourth-order valence-electron chi connectivity index (χ4n) is 3.49. The number of aromatic nitrogens is 4. The van der Waals surface area contributed by atoms with E-state index in [1.54, 1.807) is 6.07 Å². The molecule has 0 aliphatic carbocycles. The lowest BCUT2D eigenvalue weighted by Gasteiger charge is -2.14. The molecule has 0 aliphatic rings. The Balaban J connectivity index is 1.93. The van der Waals surface area contributed by atoms with Crippen molar-refractivity contribution < 1.29 is 10.2 Å². The Morgan fingerprint density at radius 1 is 0.963 bits per heavy atom. The molecule has 6 nitrogen and oxygen atoms in total. The first kappa shape index (κ1) is 17.1. The van der Waals surface area contributed by atoms with Gasteiger partial charge in [-0.3, -0.25) is 4.57 Å². The molecule has 2 aromatic heterocycles. The Hall–Kier alpha value is -3.28. The highest BCUT2D eigenvalue weighted by Gasteiger charge is 2.20. The second-order valence-corrected chi connectivity index (χ2v) is 7.16. The molecule has 0 radical (unpaired) electrons. The van der Waals surface area contributed by atoms with Crippen LogP contribution in [0.5, 0.6) is 11.5 Å². The van der Waals surface area contributed by atoms with E-state index in [0.29, 0.717) is 11.4 Å². The van der Waals surface area contributed by atoms with Crippen LogP contribution in [-0.2, 0) is 7.05 Å². The number of hydrogen-bond acceptors (Lipinski definition) is 4. The molecule has 0 saturated heterocycles. The number of phenols is 2. The van der Waals surface area contributed by atoms with Gasteiger partial charge in [0.1, 0.15) is 17.3 Å². The molecule has 0 spiro atoms. The molecule has 138 valence electrons. The molecule has 27 heavy (non-hydrogen) atoms. The van der Waals surface area contributed by atoms with Crippen molar-refractivity contribution in [3.63, 3.8) is 0 Å². The molecule has 0 bridgehead atoms. The summed E-state index contributed by atoms with van der Waals surface area (Å²) in [6.07, 6.45) is 2.02. The summed E-state index contributed by atoms with van der Waals surface area (Å²) in [6, 6.07) is 11.4. The summed E-state index contributed by atoms with van der Waals surface area (Å²) in [5, 5.41) is 30.3. The highest BCUT2D eigenvalue weighted by atomic mass is 16.3. The predicted octanol–water partition coefficient (Wildman–Crippen LogP) is 4.27. The number of aryl methyl sites for hydroxylation is 2. The smallest absolute Gasteiger partial charge is 0.172 e. The Morgan fingerprint density at radius 3 is 2.48 bits per heavy atom. The Kier molecular flexibility index (Phi) is 3.91. The zero-order valence-electron chi connectivity index (χ0n) is 15.8. The number of nitrogens with zero attached hydrogens (tertiary/aromatic N) is 4. The van der Waals surface area contributed by atoms with Crippen LogP contribution in [0.25, 0.3) is 28.0 Å². The molecule has 2 heterocycles. The van der Waals surface area contributed by atoms with Crippen molar-refractivity contribution in [2.24, 2.45) is 7.05 Å². The SMILES string of the molecule is Cc1nnc(-c2cc(C(C)C)c(O)cc2O)n1-c1ccc2c(ccn2C)c1. The van der Waals surface area contributed by atoms with Crippen LogP contribution < -0.4 is 0 Å². The van der Waals surface area contributed by atoms with Crippen molar-refractivity contribution in [2.75, 3.05) is 0 Å². The van der Waals surface area contributed by atoms with E-state index in [0.717, 1.165) is 28.0 Å². The third kappa shape index (κ3) is 2.73. The topological polar surface area (TPSA) is 76.1 Å². The zero-order chi connectivity index (χ0) is 19.3. The van der Waals surface area contributed by atoms with E-state index in [1.165, 1.54) is 6.07 Å². The molecule has 2 N–H and O–H groups in total. The second-order valence-electron chi connectivity index (χ2n) is 7.16. The minimum atomic E-state index is -0.0219. The summed E-state index contributed by atoms with van der Waals surface area (Å²) in [5.41, 5.74) is 3.36. The van der Waals surface area contributed by atoms with E-state index in [-0.39, 0.29) is 17.4 Å². The van der Waals surface area contributed by atoms with Crippen molar-refractivity contribution in [1.82, 2.24) is 19.3 Å². The summed E-state index contributed by atoms with van der Waals surface area (Å²) >= 11 is 0. The van der Waals surface area contributed by atoms with Gasteiger partial charge in [-0.05, 0) is 48.7 Å². The zero-order valence-corrected chi connectivity index (χ0v) is 15.8. The molecule has 2 aromatic carbocycles. The molecular formula is C21H22N4O2. The lowest BCUT2D eigenvalue weighted by Crippen LogP contribution is -2.01. The van der Waals surface area contributed by atoms with E-state index >= 15 is 0 Å². The standard InChI is InChI=1S/C21H22N4O2/c1-12(2)16-10-17(20(27)11-19(16)26)21-23-22-13(3)25(21)15-5-6-18-14(9-15)7-8-24(18)4/h5-12,26-27H,1-4H3.